The monoisotopic (exact) mass is 196 g/mol. The average Bonchev–Trinajstić information content (AvgIpc) is 2.27. The van der Waals surface area contributed by atoms with Crippen molar-refractivity contribution in [1.29, 1.82) is 0 Å². The van der Waals surface area contributed by atoms with Gasteiger partial charge in [-0.05, 0) is 27.2 Å². The maximum absolute atomic E-state index is 11.3. The second kappa shape index (κ2) is 3.86. The van der Waals surface area contributed by atoms with Crippen molar-refractivity contribution in [3.63, 3.8) is 0 Å². The summed E-state index contributed by atoms with van der Waals surface area (Å²) in [6, 6.07) is 0. The van der Waals surface area contributed by atoms with Crippen LogP contribution in [0.4, 0.5) is 0 Å². The Morgan fingerprint density at radius 2 is 2.21 bits per heavy atom. The van der Waals surface area contributed by atoms with Gasteiger partial charge in [0.2, 0.25) is 0 Å². The normalized spacial score (nSPS) is 19.5. The summed E-state index contributed by atoms with van der Waals surface area (Å²) in [6.07, 6.45) is 2.54. The summed E-state index contributed by atoms with van der Waals surface area (Å²) in [4.78, 5) is 11.3. The first-order valence-corrected chi connectivity index (χ1v) is 4.67. The minimum atomic E-state index is -0.623. The molecule has 1 heterocycles. The van der Waals surface area contributed by atoms with Crippen LogP contribution in [0.25, 0.3) is 0 Å². The third kappa shape index (κ3) is 1.97. The Balaban J connectivity index is 2.72. The maximum Gasteiger partial charge on any atom is 0.338 e. The number of esters is 1. The third-order valence-electron chi connectivity index (χ3n) is 2.11. The van der Waals surface area contributed by atoms with Gasteiger partial charge < -0.3 is 9.47 Å². The predicted octanol–water partition coefficient (Wildman–Crippen LogP) is 2.19. The molecule has 1 rings (SSSR count). The van der Waals surface area contributed by atoms with Gasteiger partial charge in [-0.1, -0.05) is 6.08 Å². The van der Waals surface area contributed by atoms with E-state index in [1.165, 1.54) is 0 Å². The molecule has 0 aromatic carbocycles. The van der Waals surface area contributed by atoms with E-state index in [-0.39, 0.29) is 5.97 Å². The van der Waals surface area contributed by atoms with E-state index in [1.54, 1.807) is 13.0 Å². The number of ether oxygens (including phenoxy) is 2. The fraction of sp³-hybridized carbons (Fsp3) is 0.545. The number of hydrogen-bond acceptors (Lipinski definition) is 3. The molecular weight excluding hydrogens is 180 g/mol. The Kier molecular flexibility index (Phi) is 2.99. The lowest BCUT2D eigenvalue weighted by Gasteiger charge is -2.21. The molecule has 0 amide bonds. The van der Waals surface area contributed by atoms with E-state index in [4.69, 9.17) is 9.47 Å². The molecule has 78 valence electrons. The Hall–Kier alpha value is -1.25. The highest BCUT2D eigenvalue weighted by molar-refractivity contribution is 5.91. The standard InChI is InChI=1S/C11H16O3/c1-5-6-7-13-9-8(2)10(12)14-11(9,3)4/h5H,1,6-7H2,2-4H3. The molecule has 3 heteroatoms. The van der Waals surface area contributed by atoms with Gasteiger partial charge in [0.05, 0.1) is 12.2 Å². The molecule has 0 spiro atoms. The molecule has 3 nitrogen and oxygen atoms in total. The first-order chi connectivity index (χ1) is 6.49. The molecule has 0 N–H and O–H groups in total. The van der Waals surface area contributed by atoms with Crippen molar-refractivity contribution < 1.29 is 14.3 Å². The second-order valence-corrected chi connectivity index (χ2v) is 3.78. The van der Waals surface area contributed by atoms with Crippen molar-refractivity contribution in [3.05, 3.63) is 24.0 Å². The lowest BCUT2D eigenvalue weighted by atomic mass is 10.1. The smallest absolute Gasteiger partial charge is 0.338 e. The molecule has 0 fully saturated rings. The molecule has 0 saturated carbocycles. The number of rotatable bonds is 4. The zero-order valence-corrected chi connectivity index (χ0v) is 8.92. The van der Waals surface area contributed by atoms with Crippen LogP contribution in [0.2, 0.25) is 0 Å². The van der Waals surface area contributed by atoms with Gasteiger partial charge >= 0.3 is 5.97 Å². The van der Waals surface area contributed by atoms with Gasteiger partial charge in [0.25, 0.3) is 0 Å². The minimum absolute atomic E-state index is 0.288. The van der Waals surface area contributed by atoms with Gasteiger partial charge in [0.1, 0.15) is 5.76 Å². The molecule has 0 bridgehead atoms. The van der Waals surface area contributed by atoms with Crippen LogP contribution in [0.5, 0.6) is 0 Å². The summed E-state index contributed by atoms with van der Waals surface area (Å²) < 4.78 is 10.6. The van der Waals surface area contributed by atoms with Crippen LogP contribution >= 0.6 is 0 Å². The zero-order chi connectivity index (χ0) is 10.8. The molecule has 1 aliphatic rings. The topological polar surface area (TPSA) is 35.5 Å². The van der Waals surface area contributed by atoms with Crippen LogP contribution in [0.3, 0.4) is 0 Å². The average molecular weight is 196 g/mol. The largest absolute Gasteiger partial charge is 0.493 e. The lowest BCUT2D eigenvalue weighted by molar-refractivity contribution is -0.145. The highest BCUT2D eigenvalue weighted by Crippen LogP contribution is 2.32. The van der Waals surface area contributed by atoms with E-state index in [1.807, 2.05) is 13.8 Å². The molecular formula is C11H16O3. The van der Waals surface area contributed by atoms with Crippen LogP contribution < -0.4 is 0 Å². The molecule has 14 heavy (non-hydrogen) atoms. The van der Waals surface area contributed by atoms with E-state index in [2.05, 4.69) is 6.58 Å². The third-order valence-corrected chi connectivity index (χ3v) is 2.11. The Morgan fingerprint density at radius 1 is 1.57 bits per heavy atom. The summed E-state index contributed by atoms with van der Waals surface area (Å²) in [5, 5.41) is 0. The van der Waals surface area contributed by atoms with Crippen molar-refractivity contribution in [2.24, 2.45) is 0 Å². The SMILES string of the molecule is C=CCCOC1=C(C)C(=O)OC1(C)C. The summed E-state index contributed by atoms with van der Waals surface area (Å²) in [5.41, 5.74) is -0.0541. The summed E-state index contributed by atoms with van der Waals surface area (Å²) in [6.45, 7) is 9.51. The molecule has 0 aliphatic carbocycles. The second-order valence-electron chi connectivity index (χ2n) is 3.78. The van der Waals surface area contributed by atoms with Crippen molar-refractivity contribution in [3.8, 4) is 0 Å². The molecule has 0 saturated heterocycles. The van der Waals surface area contributed by atoms with Crippen molar-refractivity contribution >= 4 is 5.97 Å². The molecule has 0 aromatic rings. The van der Waals surface area contributed by atoms with Gasteiger partial charge in [-0.2, -0.15) is 0 Å². The number of carbonyl (C=O) groups excluding carboxylic acids is 1. The summed E-state index contributed by atoms with van der Waals surface area (Å²) in [7, 11) is 0. The van der Waals surface area contributed by atoms with E-state index >= 15 is 0 Å². The van der Waals surface area contributed by atoms with Crippen molar-refractivity contribution in [2.45, 2.75) is 32.8 Å². The molecule has 0 unspecified atom stereocenters. The van der Waals surface area contributed by atoms with E-state index < -0.39 is 5.60 Å². The molecule has 0 radical (unpaired) electrons. The highest BCUT2D eigenvalue weighted by atomic mass is 16.6. The maximum atomic E-state index is 11.3. The Labute approximate surface area is 84.4 Å². The first kappa shape index (κ1) is 10.8. The van der Waals surface area contributed by atoms with E-state index in [0.29, 0.717) is 17.9 Å². The van der Waals surface area contributed by atoms with Gasteiger partial charge in [-0.3, -0.25) is 0 Å². The fourth-order valence-electron chi connectivity index (χ4n) is 1.43. The van der Waals surface area contributed by atoms with Crippen molar-refractivity contribution in [2.75, 3.05) is 6.61 Å². The summed E-state index contributed by atoms with van der Waals surface area (Å²) >= 11 is 0. The van der Waals surface area contributed by atoms with Crippen molar-refractivity contribution in [1.82, 2.24) is 0 Å². The molecule has 0 aromatic heterocycles. The van der Waals surface area contributed by atoms with Gasteiger partial charge in [-0.25, -0.2) is 4.79 Å². The Morgan fingerprint density at radius 3 is 2.64 bits per heavy atom. The zero-order valence-electron chi connectivity index (χ0n) is 8.92. The predicted molar refractivity (Wildman–Crippen MR) is 53.6 cm³/mol. The van der Waals surface area contributed by atoms with Gasteiger partial charge in [-0.15, -0.1) is 6.58 Å². The number of hydrogen-bond donors (Lipinski definition) is 0. The van der Waals surface area contributed by atoms with Crippen LogP contribution in [0.15, 0.2) is 24.0 Å². The van der Waals surface area contributed by atoms with E-state index in [9.17, 15) is 4.79 Å². The molecule has 1 aliphatic heterocycles. The Bertz CT molecular complexity index is 287. The highest BCUT2D eigenvalue weighted by Gasteiger charge is 2.39. The van der Waals surface area contributed by atoms with Gasteiger partial charge in [0.15, 0.2) is 5.60 Å². The van der Waals surface area contributed by atoms with Crippen LogP contribution in [-0.4, -0.2) is 18.2 Å². The quantitative estimate of drug-likeness (QED) is 0.393. The number of cyclic esters (lactones) is 1. The van der Waals surface area contributed by atoms with Crippen LogP contribution in [0.1, 0.15) is 27.2 Å². The van der Waals surface area contributed by atoms with Crippen LogP contribution in [0, 0.1) is 0 Å². The minimum Gasteiger partial charge on any atom is -0.493 e. The number of carbonyl (C=O) groups is 1. The first-order valence-electron chi connectivity index (χ1n) is 4.67. The molecule has 0 atom stereocenters. The summed E-state index contributed by atoms with van der Waals surface area (Å²) in [5.74, 6) is 0.355. The fourth-order valence-corrected chi connectivity index (χ4v) is 1.43. The lowest BCUT2D eigenvalue weighted by Crippen LogP contribution is -2.24. The van der Waals surface area contributed by atoms with Crippen LogP contribution in [-0.2, 0) is 14.3 Å². The van der Waals surface area contributed by atoms with Gasteiger partial charge in [0, 0.05) is 0 Å². The van der Waals surface area contributed by atoms with E-state index in [0.717, 1.165) is 6.42 Å².